The Morgan fingerprint density at radius 1 is 1.26 bits per heavy atom. The summed E-state index contributed by atoms with van der Waals surface area (Å²) < 4.78 is 11.3. The number of fused-ring (bicyclic) bond motifs is 5. The monoisotopic (exact) mass is 318 g/mol. The highest BCUT2D eigenvalue weighted by Gasteiger charge is 2.53. The highest BCUT2D eigenvalue weighted by molar-refractivity contribution is 5.80. The molecule has 3 aliphatic heterocycles. The molecule has 0 saturated carbocycles. The number of hydrogen-bond donors (Lipinski definition) is 1. The Kier molecular flexibility index (Phi) is 3.79. The standard InChI is InChI=1S/C17H26N4O2/c1-4-18-17(19-7-12-10(2)20-23-11(12)3)21-8-13-14(9-21)16-6-5-15(13)22-16/h13-16H,4-9H2,1-3H3,(H,18,19). The third kappa shape index (κ3) is 2.53. The van der Waals surface area contributed by atoms with Crippen LogP contribution in [0.25, 0.3) is 0 Å². The Hall–Kier alpha value is -1.56. The second-order valence-electron chi connectivity index (χ2n) is 7.00. The van der Waals surface area contributed by atoms with E-state index < -0.39 is 0 Å². The molecule has 0 aliphatic carbocycles. The molecule has 4 rings (SSSR count). The summed E-state index contributed by atoms with van der Waals surface area (Å²) >= 11 is 0. The van der Waals surface area contributed by atoms with Gasteiger partial charge in [-0.3, -0.25) is 0 Å². The second-order valence-corrected chi connectivity index (χ2v) is 7.00. The minimum atomic E-state index is 0.487. The topological polar surface area (TPSA) is 62.9 Å². The van der Waals surface area contributed by atoms with Gasteiger partial charge in [0, 0.05) is 37.0 Å². The van der Waals surface area contributed by atoms with E-state index in [1.807, 2.05) is 13.8 Å². The van der Waals surface area contributed by atoms with Crippen molar-refractivity contribution < 1.29 is 9.26 Å². The summed E-state index contributed by atoms with van der Waals surface area (Å²) in [5.41, 5.74) is 2.04. The van der Waals surface area contributed by atoms with E-state index in [0.717, 1.165) is 42.6 Å². The molecule has 0 aromatic carbocycles. The van der Waals surface area contributed by atoms with Crippen molar-refractivity contribution in [3.05, 3.63) is 17.0 Å². The summed E-state index contributed by atoms with van der Waals surface area (Å²) in [7, 11) is 0. The number of aromatic nitrogens is 1. The third-order valence-corrected chi connectivity index (χ3v) is 5.66. The lowest BCUT2D eigenvalue weighted by molar-refractivity contribution is 0.0767. The van der Waals surface area contributed by atoms with Crippen molar-refractivity contribution in [2.24, 2.45) is 16.8 Å². The Bertz CT molecular complexity index is 574. The van der Waals surface area contributed by atoms with Gasteiger partial charge in [0.15, 0.2) is 5.96 Å². The molecule has 1 N–H and O–H groups in total. The number of aliphatic imine (C=N–C) groups is 1. The molecular formula is C17H26N4O2. The number of guanidine groups is 1. The molecule has 126 valence electrons. The van der Waals surface area contributed by atoms with Gasteiger partial charge in [0.1, 0.15) is 5.76 Å². The molecule has 4 unspecified atom stereocenters. The molecule has 4 atom stereocenters. The van der Waals surface area contributed by atoms with Crippen molar-refractivity contribution in [1.82, 2.24) is 15.4 Å². The molecule has 1 aromatic heterocycles. The van der Waals surface area contributed by atoms with E-state index in [9.17, 15) is 0 Å². The quantitative estimate of drug-likeness (QED) is 0.681. The van der Waals surface area contributed by atoms with Gasteiger partial charge in [0.05, 0.1) is 24.4 Å². The first-order valence-electron chi connectivity index (χ1n) is 8.77. The first-order chi connectivity index (χ1) is 11.2. The summed E-state index contributed by atoms with van der Waals surface area (Å²) in [4.78, 5) is 7.27. The summed E-state index contributed by atoms with van der Waals surface area (Å²) in [5, 5.41) is 7.47. The highest BCUT2D eigenvalue weighted by atomic mass is 16.5. The van der Waals surface area contributed by atoms with Crippen molar-refractivity contribution in [2.75, 3.05) is 19.6 Å². The van der Waals surface area contributed by atoms with Crippen molar-refractivity contribution in [2.45, 2.75) is 52.4 Å². The molecule has 0 radical (unpaired) electrons. The zero-order valence-corrected chi connectivity index (χ0v) is 14.2. The summed E-state index contributed by atoms with van der Waals surface area (Å²) in [6.45, 7) is 9.69. The van der Waals surface area contributed by atoms with Crippen LogP contribution in [0.3, 0.4) is 0 Å². The van der Waals surface area contributed by atoms with Crippen LogP contribution in [0.4, 0.5) is 0 Å². The Morgan fingerprint density at radius 2 is 1.96 bits per heavy atom. The number of aryl methyl sites for hydroxylation is 2. The van der Waals surface area contributed by atoms with Crippen LogP contribution in [0.15, 0.2) is 9.52 Å². The molecule has 2 bridgehead atoms. The lowest BCUT2D eigenvalue weighted by Gasteiger charge is -2.23. The van der Waals surface area contributed by atoms with E-state index in [1.165, 1.54) is 12.8 Å². The van der Waals surface area contributed by atoms with Crippen LogP contribution in [-0.4, -0.2) is 47.9 Å². The number of rotatable bonds is 3. The Morgan fingerprint density at radius 3 is 2.52 bits per heavy atom. The number of likely N-dealkylation sites (tertiary alicyclic amines) is 1. The van der Waals surface area contributed by atoms with Gasteiger partial charge in [0.25, 0.3) is 0 Å². The van der Waals surface area contributed by atoms with E-state index in [-0.39, 0.29) is 0 Å². The van der Waals surface area contributed by atoms with Crippen molar-refractivity contribution >= 4 is 5.96 Å². The van der Waals surface area contributed by atoms with Crippen LogP contribution in [0.1, 0.15) is 36.8 Å². The molecule has 3 aliphatic rings. The van der Waals surface area contributed by atoms with Gasteiger partial charge in [-0.15, -0.1) is 0 Å². The fourth-order valence-electron chi connectivity index (χ4n) is 4.44. The van der Waals surface area contributed by atoms with Crippen molar-refractivity contribution in [1.29, 1.82) is 0 Å². The average Bonchev–Trinajstić information content (AvgIpc) is 3.27. The van der Waals surface area contributed by atoms with Gasteiger partial charge in [-0.2, -0.15) is 0 Å². The average molecular weight is 318 g/mol. The van der Waals surface area contributed by atoms with Crippen LogP contribution < -0.4 is 5.32 Å². The smallest absolute Gasteiger partial charge is 0.194 e. The first kappa shape index (κ1) is 15.0. The van der Waals surface area contributed by atoms with E-state index in [4.69, 9.17) is 14.3 Å². The molecular weight excluding hydrogens is 292 g/mol. The van der Waals surface area contributed by atoms with E-state index in [0.29, 0.717) is 30.6 Å². The van der Waals surface area contributed by atoms with Crippen LogP contribution in [-0.2, 0) is 11.3 Å². The van der Waals surface area contributed by atoms with Crippen LogP contribution in [0, 0.1) is 25.7 Å². The molecule has 1 aromatic rings. The van der Waals surface area contributed by atoms with Gasteiger partial charge in [-0.1, -0.05) is 5.16 Å². The predicted molar refractivity (Wildman–Crippen MR) is 87.2 cm³/mol. The largest absolute Gasteiger partial charge is 0.374 e. The van der Waals surface area contributed by atoms with Gasteiger partial charge >= 0.3 is 0 Å². The molecule has 0 spiro atoms. The van der Waals surface area contributed by atoms with Gasteiger partial charge < -0.3 is 19.5 Å². The summed E-state index contributed by atoms with van der Waals surface area (Å²) in [6.07, 6.45) is 3.46. The van der Waals surface area contributed by atoms with E-state index in [2.05, 4.69) is 22.3 Å². The van der Waals surface area contributed by atoms with Crippen LogP contribution in [0.2, 0.25) is 0 Å². The molecule has 3 fully saturated rings. The fourth-order valence-corrected chi connectivity index (χ4v) is 4.44. The molecule has 6 heteroatoms. The van der Waals surface area contributed by atoms with Gasteiger partial charge in [0.2, 0.25) is 0 Å². The number of nitrogens with zero attached hydrogens (tertiary/aromatic N) is 3. The zero-order chi connectivity index (χ0) is 16.0. The lowest BCUT2D eigenvalue weighted by Crippen LogP contribution is -2.41. The zero-order valence-electron chi connectivity index (χ0n) is 14.2. The Labute approximate surface area is 137 Å². The van der Waals surface area contributed by atoms with Crippen molar-refractivity contribution in [3.63, 3.8) is 0 Å². The molecule has 3 saturated heterocycles. The third-order valence-electron chi connectivity index (χ3n) is 5.66. The fraction of sp³-hybridized carbons (Fsp3) is 0.765. The maximum absolute atomic E-state index is 6.07. The maximum Gasteiger partial charge on any atom is 0.194 e. The first-order valence-corrected chi connectivity index (χ1v) is 8.77. The molecule has 4 heterocycles. The van der Waals surface area contributed by atoms with Gasteiger partial charge in [-0.05, 0) is 33.6 Å². The van der Waals surface area contributed by atoms with Crippen LogP contribution >= 0.6 is 0 Å². The normalized spacial score (nSPS) is 32.7. The minimum Gasteiger partial charge on any atom is -0.374 e. The van der Waals surface area contributed by atoms with E-state index in [1.54, 1.807) is 0 Å². The van der Waals surface area contributed by atoms with Crippen LogP contribution in [0.5, 0.6) is 0 Å². The molecule has 6 nitrogen and oxygen atoms in total. The summed E-state index contributed by atoms with van der Waals surface area (Å²) in [5.74, 6) is 3.27. The SMILES string of the molecule is CCNC(=NCc1c(C)noc1C)N1CC2C3CCC(O3)C2C1. The van der Waals surface area contributed by atoms with E-state index >= 15 is 0 Å². The predicted octanol–water partition coefficient (Wildman–Crippen LogP) is 1.87. The minimum absolute atomic E-state index is 0.487. The maximum atomic E-state index is 6.07. The lowest BCUT2D eigenvalue weighted by atomic mass is 9.82. The molecule has 23 heavy (non-hydrogen) atoms. The number of nitrogens with one attached hydrogen (secondary N) is 1. The highest BCUT2D eigenvalue weighted by Crippen LogP contribution is 2.47. The number of hydrogen-bond acceptors (Lipinski definition) is 4. The van der Waals surface area contributed by atoms with Gasteiger partial charge in [-0.25, -0.2) is 4.99 Å². The van der Waals surface area contributed by atoms with Crippen molar-refractivity contribution in [3.8, 4) is 0 Å². The number of ether oxygens (including phenoxy) is 1. The Balaban J connectivity index is 1.49. The second kappa shape index (κ2) is 5.82. The summed E-state index contributed by atoms with van der Waals surface area (Å²) in [6, 6.07) is 0. The molecule has 0 amide bonds.